The Kier molecular flexibility index (Phi) is 28.3. The number of sulfonamides is 1. The molecule has 3 aromatic rings. The van der Waals surface area contributed by atoms with Crippen LogP contribution in [0.2, 0.25) is 0 Å². The van der Waals surface area contributed by atoms with Gasteiger partial charge in [0, 0.05) is 28.2 Å². The molecule has 24 atom stereocenters. The van der Waals surface area contributed by atoms with Gasteiger partial charge in [0.05, 0.1) is 67.5 Å². The van der Waals surface area contributed by atoms with E-state index in [1.165, 1.54) is 12.8 Å². The molecule has 3 aromatic carbocycles. The maximum atomic E-state index is 14.7. The molecule has 11 aliphatic rings. The van der Waals surface area contributed by atoms with Crippen LogP contribution in [0.4, 0.5) is 0 Å². The van der Waals surface area contributed by atoms with Crippen LogP contribution in [0, 0.1) is 148 Å². The zero-order valence-electron chi connectivity index (χ0n) is 79.1. The van der Waals surface area contributed by atoms with Gasteiger partial charge in [-0.15, -0.1) is 5.60 Å². The Labute approximate surface area is 754 Å². The Morgan fingerprint density at radius 1 is 0.573 bits per heavy atom. The van der Waals surface area contributed by atoms with E-state index in [2.05, 4.69) is 190 Å². The standard InChI is InChI=1S/C46H72O4.C38H56O4.C14H21NO2S.C5H11O.K/c1-30(2)32(4)42(10)23-24-44(12)34-19-20-36-43(11)28-48-29-46(36,25-31(3)38(43)50-27-41(8,9)40(5,6)7)35(34)21-22-45(44,13)37(42)39(47)49-26-33-17-15-14-16-18-33;1-24(2)26(4)34(5)18-19-36(7)28-14-15-30-35(6)22-41-23-38(30,20-25(3)32(35)39)29(28)16-17-37(36,8)31(34)33(40)42-21-27-12-10-9-11-13-27;1-11-6-8-12(9-7-11)18(16,17)15-10-14(15,5)13(2,3)4;1-4-5(2,3)6;/h14-18,21,30-32,34,36-38H,19-20,22-29H2,1-13H3;9-13,16,24-26,28,30-32,39H,14-15,17-23H2,1-8H3;6-9H,10H2,1-5H3;4H2,1-3H3;/q;;;-1;+1/t31-,32-,34+,36+,37-,38+,42-,43-,44-,45+,46+;25-,26-,28+,30+,31-,32+,34-,35-,36-,37+,38+;14-,15?;;/m110../s1. The molecule has 0 amide bonds. The van der Waals surface area contributed by atoms with E-state index < -0.39 is 15.6 Å². The number of benzene rings is 3. The van der Waals surface area contributed by atoms with Crippen molar-refractivity contribution >= 4 is 22.0 Å². The van der Waals surface area contributed by atoms with Crippen LogP contribution in [-0.2, 0) is 56.5 Å². The van der Waals surface area contributed by atoms with Gasteiger partial charge < -0.3 is 33.9 Å². The second-order valence-electron chi connectivity index (χ2n) is 46.3. The quantitative estimate of drug-likeness (QED) is 0.0629. The maximum absolute atomic E-state index is 14.7. The van der Waals surface area contributed by atoms with Crippen LogP contribution < -0.4 is 56.5 Å². The molecule has 1 N–H and O–H groups in total. The number of allylic oxidation sites excluding steroid dienone is 2. The summed E-state index contributed by atoms with van der Waals surface area (Å²) >= 11 is 0. The summed E-state index contributed by atoms with van der Waals surface area (Å²) in [7, 11) is -3.34. The number of esters is 2. The van der Waals surface area contributed by atoms with E-state index in [4.69, 9.17) is 23.7 Å². The second-order valence-corrected chi connectivity index (χ2v) is 48.2. The summed E-state index contributed by atoms with van der Waals surface area (Å²) in [5.74, 6) is 4.09. The van der Waals surface area contributed by atoms with Gasteiger partial charge >= 0.3 is 63.3 Å². The van der Waals surface area contributed by atoms with Crippen molar-refractivity contribution in [1.82, 2.24) is 4.31 Å². The van der Waals surface area contributed by atoms with E-state index in [9.17, 15) is 28.2 Å². The molecule has 0 spiro atoms. The molecule has 0 radical (unpaired) electrons. The van der Waals surface area contributed by atoms with Crippen molar-refractivity contribution in [3.05, 3.63) is 125 Å². The van der Waals surface area contributed by atoms with Crippen molar-refractivity contribution < 1.29 is 103 Å². The first-order valence-corrected chi connectivity index (χ1v) is 47.1. The minimum Gasteiger partial charge on any atom is -0.850 e. The zero-order valence-corrected chi connectivity index (χ0v) is 83.0. The fourth-order valence-electron chi connectivity index (χ4n) is 26.5. The smallest absolute Gasteiger partial charge is 0.850 e. The van der Waals surface area contributed by atoms with Crippen LogP contribution in [-0.4, -0.2) is 92.7 Å². The Morgan fingerprint density at radius 2 is 0.974 bits per heavy atom. The van der Waals surface area contributed by atoms with Gasteiger partial charge in [0.15, 0.2) is 0 Å². The molecule has 6 saturated carbocycles. The number of aryl methyl sites for hydroxylation is 1. The molecule has 9 fully saturated rings. The van der Waals surface area contributed by atoms with Crippen LogP contribution in [0.1, 0.15) is 294 Å². The summed E-state index contributed by atoms with van der Waals surface area (Å²) in [5, 5.41) is 21.9. The number of carbonyl (C=O) groups is 2. The first-order chi connectivity index (χ1) is 53.6. The largest absolute Gasteiger partial charge is 1.00 e. The van der Waals surface area contributed by atoms with Crippen molar-refractivity contribution in [2.75, 3.05) is 39.6 Å². The molecule has 3 saturated heterocycles. The average Bonchev–Trinajstić information content (AvgIpc) is 1.65. The molecule has 8 aliphatic carbocycles. The number of aliphatic hydroxyl groups excluding tert-OH is 1. The average molecular weight is 1660 g/mol. The van der Waals surface area contributed by atoms with Crippen molar-refractivity contribution in [3.8, 4) is 0 Å². The van der Waals surface area contributed by atoms with Crippen LogP contribution in [0.15, 0.2) is 113 Å². The van der Waals surface area contributed by atoms with E-state index in [-0.39, 0.29) is 169 Å². The van der Waals surface area contributed by atoms with Gasteiger partial charge in [-0.05, 0) is 222 Å². The van der Waals surface area contributed by atoms with Crippen molar-refractivity contribution in [2.45, 2.75) is 326 Å². The molecule has 12 nitrogen and oxygen atoms in total. The zero-order chi connectivity index (χ0) is 86.0. The molecule has 3 heterocycles. The molecule has 4 bridgehead atoms. The SMILES string of the molecule is CC(C)[C@@H](C)[C@@]1(C)CC[C@]2(C)[C@H]3CC[C@@H]4[C@@]5(COC[C@@]4(C)[C@@H](O)[C@H](C)C5)C3=CC[C@@]2(C)[C@@H]1C(=O)OCc1ccccc1.CC(C)[C@@H](C)[C@@]1(C)CC[C@]2(C)[C@H]3CC[C@@H]4[C@@]5(COC[C@@]4(C)[C@@H](OCC(C)(C)C(C)(C)C)[C@H](C)C5)C3=CC[C@@]2(C)[C@@H]1C(=O)OCc1ccccc1.CCC(C)(C)[O-].Cc1ccc(S(=O)(=O)N2C[C@@]2(C)C(C)(C)C)cc1.[K+]. The third kappa shape index (κ3) is 16.8. The number of hydrogen-bond acceptors (Lipinski definition) is 11. The molecule has 1 unspecified atom stereocenters. The Morgan fingerprint density at radius 3 is 1.36 bits per heavy atom. The van der Waals surface area contributed by atoms with Crippen LogP contribution >= 0.6 is 0 Å². The van der Waals surface area contributed by atoms with E-state index in [0.717, 1.165) is 107 Å². The fourth-order valence-corrected chi connectivity index (χ4v) is 28.5. The second kappa shape index (κ2) is 34.3. The fraction of sp³-hybridized carbons (Fsp3) is 0.767. The maximum Gasteiger partial charge on any atom is 1.00 e. The minimum atomic E-state index is -3.34. The number of ether oxygens (including phenoxy) is 5. The number of hydrogen-bond donors (Lipinski definition) is 1. The number of carbonyl (C=O) groups excluding carboxylic acids is 2. The van der Waals surface area contributed by atoms with E-state index in [1.807, 2.05) is 81.4 Å². The molecule has 14 rings (SSSR count). The summed E-state index contributed by atoms with van der Waals surface area (Å²) in [6.07, 6.45) is 18.9. The topological polar surface area (TPSA) is 161 Å². The normalized spacial score (nSPS) is 39.8. The third-order valence-corrected chi connectivity index (χ3v) is 38.8. The van der Waals surface area contributed by atoms with Gasteiger partial charge in [0.1, 0.15) is 13.2 Å². The first kappa shape index (κ1) is 96.6. The predicted octanol–water partition coefficient (Wildman–Crippen LogP) is 19.9. The van der Waals surface area contributed by atoms with Gasteiger partial charge in [-0.25, -0.2) is 8.42 Å². The molecular formula is C103H160KNO11S. The molecule has 0 aromatic heterocycles. The van der Waals surface area contributed by atoms with Gasteiger partial charge in [0.2, 0.25) is 10.0 Å². The number of rotatable bonds is 16. The molecule has 3 aliphatic heterocycles. The number of fused-ring (bicyclic) bond motifs is 6. The van der Waals surface area contributed by atoms with Crippen molar-refractivity contribution in [1.29, 1.82) is 0 Å². The number of aliphatic hydroxyl groups is 1. The van der Waals surface area contributed by atoms with Gasteiger partial charge in [-0.2, -0.15) is 4.31 Å². The Balaban J connectivity index is 0.000000193. The predicted molar refractivity (Wildman–Crippen MR) is 469 cm³/mol. The van der Waals surface area contributed by atoms with E-state index in [0.29, 0.717) is 90.9 Å². The summed E-state index contributed by atoms with van der Waals surface area (Å²) in [5.41, 5.74) is 4.88. The summed E-state index contributed by atoms with van der Waals surface area (Å²) < 4.78 is 59.5. The van der Waals surface area contributed by atoms with Crippen LogP contribution in [0.3, 0.4) is 0 Å². The third-order valence-electron chi connectivity index (χ3n) is 36.8. The minimum absolute atomic E-state index is 0. The van der Waals surface area contributed by atoms with Crippen molar-refractivity contribution in [2.24, 2.45) is 141 Å². The molecule has 650 valence electrons. The molecule has 14 heteroatoms. The van der Waals surface area contributed by atoms with E-state index >= 15 is 0 Å². The molecular weight excluding hydrogens is 1500 g/mol. The first-order valence-electron chi connectivity index (χ1n) is 45.6. The van der Waals surface area contributed by atoms with Crippen LogP contribution in [0.5, 0.6) is 0 Å². The van der Waals surface area contributed by atoms with Crippen LogP contribution in [0.25, 0.3) is 0 Å². The van der Waals surface area contributed by atoms with E-state index in [1.54, 1.807) is 41.4 Å². The Hall–Kier alpha value is -2.57. The number of nitrogens with zero attached hydrogens (tertiary/aromatic N) is 1. The van der Waals surface area contributed by atoms with Gasteiger partial charge in [0.25, 0.3) is 0 Å². The monoisotopic (exact) mass is 1660 g/mol. The summed E-state index contributed by atoms with van der Waals surface area (Å²) in [6.45, 7) is 70.8. The summed E-state index contributed by atoms with van der Waals surface area (Å²) in [6, 6.07) is 27.4. The summed E-state index contributed by atoms with van der Waals surface area (Å²) in [4.78, 5) is 29.6. The van der Waals surface area contributed by atoms with Gasteiger partial charge in [-0.3, -0.25) is 9.59 Å². The van der Waals surface area contributed by atoms with Crippen molar-refractivity contribution in [3.63, 3.8) is 0 Å². The Bertz CT molecular complexity index is 4140. The van der Waals surface area contributed by atoms with Gasteiger partial charge in [-0.1, -0.05) is 295 Å². The molecule has 117 heavy (non-hydrogen) atoms.